The van der Waals surface area contributed by atoms with Gasteiger partial charge in [-0.15, -0.1) is 0 Å². The van der Waals surface area contributed by atoms with E-state index in [-0.39, 0.29) is 0 Å². The molecular formula is C11H18N2O3. The van der Waals surface area contributed by atoms with E-state index in [0.29, 0.717) is 18.8 Å². The van der Waals surface area contributed by atoms with Crippen molar-refractivity contribution in [2.45, 2.75) is 40.0 Å². The van der Waals surface area contributed by atoms with Gasteiger partial charge < -0.3 is 0 Å². The maximum atomic E-state index is 11.8. The van der Waals surface area contributed by atoms with E-state index < -0.39 is 23.3 Å². The predicted molar refractivity (Wildman–Crippen MR) is 58.5 cm³/mol. The Bertz CT molecular complexity index is 303. The van der Waals surface area contributed by atoms with Crippen molar-refractivity contribution in [2.75, 3.05) is 0 Å². The molecule has 0 spiro atoms. The van der Waals surface area contributed by atoms with Gasteiger partial charge in [0.2, 0.25) is 11.8 Å². The minimum absolute atomic E-state index is 0.407. The SMILES string of the molecule is C[11CH2]C1(CCC(C)C)C(=O)NC(=O)NC1=O. The van der Waals surface area contributed by atoms with Crippen molar-refractivity contribution in [3.05, 3.63) is 0 Å². The molecule has 1 heterocycles. The van der Waals surface area contributed by atoms with Gasteiger partial charge >= 0.3 is 6.03 Å². The summed E-state index contributed by atoms with van der Waals surface area (Å²) in [7, 11) is 0. The normalized spacial score (nSPS) is 19.6. The molecule has 0 aromatic rings. The molecule has 16 heavy (non-hydrogen) atoms. The van der Waals surface area contributed by atoms with Crippen LogP contribution in [0.15, 0.2) is 0 Å². The van der Waals surface area contributed by atoms with Crippen LogP contribution in [0.3, 0.4) is 0 Å². The first kappa shape index (κ1) is 12.7. The Morgan fingerprint density at radius 2 is 1.62 bits per heavy atom. The van der Waals surface area contributed by atoms with E-state index >= 15 is 0 Å². The number of amides is 4. The summed E-state index contributed by atoms with van der Waals surface area (Å²) in [4.78, 5) is 34.5. The molecule has 0 aromatic heterocycles. The van der Waals surface area contributed by atoms with Gasteiger partial charge in [-0.3, -0.25) is 20.2 Å². The summed E-state index contributed by atoms with van der Waals surface area (Å²) in [5, 5.41) is 4.33. The number of hydrogen-bond donors (Lipinski definition) is 2. The number of carbonyl (C=O) groups excluding carboxylic acids is 3. The fraction of sp³-hybridized carbons (Fsp3) is 0.727. The summed E-state index contributed by atoms with van der Waals surface area (Å²) in [5.41, 5.74) is -1.07. The molecule has 0 radical (unpaired) electrons. The molecule has 4 amide bonds. The summed E-state index contributed by atoms with van der Waals surface area (Å²) >= 11 is 0. The highest BCUT2D eigenvalue weighted by Crippen LogP contribution is 2.32. The van der Waals surface area contributed by atoms with Gasteiger partial charge in [-0.1, -0.05) is 20.8 Å². The van der Waals surface area contributed by atoms with Gasteiger partial charge in [0.25, 0.3) is 0 Å². The molecule has 0 bridgehead atoms. The summed E-state index contributed by atoms with van der Waals surface area (Å²) in [6.07, 6.45) is 1.67. The minimum atomic E-state index is -1.07. The van der Waals surface area contributed by atoms with Crippen LogP contribution in [0, 0.1) is 11.3 Å². The van der Waals surface area contributed by atoms with E-state index in [0.717, 1.165) is 6.42 Å². The topological polar surface area (TPSA) is 75.3 Å². The van der Waals surface area contributed by atoms with Gasteiger partial charge in [0.05, 0.1) is 0 Å². The lowest BCUT2D eigenvalue weighted by Crippen LogP contribution is -2.62. The van der Waals surface area contributed by atoms with Crippen LogP contribution in [0.5, 0.6) is 0 Å². The molecule has 90 valence electrons. The fourth-order valence-corrected chi connectivity index (χ4v) is 1.84. The zero-order valence-corrected chi connectivity index (χ0v) is 9.92. The van der Waals surface area contributed by atoms with Crippen LogP contribution in [-0.2, 0) is 9.59 Å². The molecule has 0 saturated carbocycles. The van der Waals surface area contributed by atoms with Gasteiger partial charge in [0, 0.05) is 0 Å². The number of barbiturate groups is 1. The zero-order valence-electron chi connectivity index (χ0n) is 9.92. The van der Waals surface area contributed by atoms with Crippen molar-refractivity contribution in [1.82, 2.24) is 10.6 Å². The highest BCUT2D eigenvalue weighted by molar-refractivity contribution is 6.19. The number of nitrogens with one attached hydrogen (secondary N) is 2. The molecule has 5 heteroatoms. The van der Waals surface area contributed by atoms with Crippen LogP contribution >= 0.6 is 0 Å². The van der Waals surface area contributed by atoms with Crippen molar-refractivity contribution in [1.29, 1.82) is 0 Å². The van der Waals surface area contributed by atoms with Gasteiger partial charge in [0.15, 0.2) is 0 Å². The van der Waals surface area contributed by atoms with E-state index in [2.05, 4.69) is 10.6 Å². The molecular weight excluding hydrogens is 207 g/mol. The molecule has 0 unspecified atom stereocenters. The third-order valence-electron chi connectivity index (χ3n) is 3.08. The van der Waals surface area contributed by atoms with Crippen molar-refractivity contribution in [3.63, 3.8) is 0 Å². The van der Waals surface area contributed by atoms with Gasteiger partial charge in [-0.05, 0) is 25.2 Å². The average Bonchev–Trinajstić information content (AvgIpc) is 2.17. The third kappa shape index (κ3) is 2.23. The van der Waals surface area contributed by atoms with Gasteiger partial charge in [0.1, 0.15) is 5.41 Å². The second-order valence-corrected chi connectivity index (χ2v) is 4.61. The molecule has 1 aliphatic rings. The quantitative estimate of drug-likeness (QED) is 0.705. The second-order valence-electron chi connectivity index (χ2n) is 4.61. The van der Waals surface area contributed by atoms with E-state index in [1.54, 1.807) is 6.92 Å². The number of hydrogen-bond acceptors (Lipinski definition) is 3. The number of urea groups is 1. The first-order valence-electron chi connectivity index (χ1n) is 5.59. The molecule has 5 nitrogen and oxygen atoms in total. The lowest BCUT2D eigenvalue weighted by molar-refractivity contribution is -0.145. The van der Waals surface area contributed by atoms with Crippen LogP contribution < -0.4 is 10.6 Å². The lowest BCUT2D eigenvalue weighted by Gasteiger charge is -2.33. The molecule has 0 aliphatic carbocycles. The first-order valence-corrected chi connectivity index (χ1v) is 5.59. The molecule has 1 saturated heterocycles. The number of rotatable bonds is 4. The maximum absolute atomic E-state index is 11.8. The largest absolute Gasteiger partial charge is 0.328 e. The van der Waals surface area contributed by atoms with Crippen LogP contribution in [0.1, 0.15) is 40.0 Å². The lowest BCUT2D eigenvalue weighted by atomic mass is 9.57. The Hall–Kier alpha value is -1.39. The summed E-state index contributed by atoms with van der Waals surface area (Å²) in [6, 6.07) is -0.719. The second kappa shape index (κ2) is 4.63. The molecule has 2 N–H and O–H groups in total. The Morgan fingerprint density at radius 3 is 2.00 bits per heavy atom. The average molecular weight is 225 g/mol. The van der Waals surface area contributed by atoms with Crippen LogP contribution in [0.4, 0.5) is 4.79 Å². The fourth-order valence-electron chi connectivity index (χ4n) is 1.84. The van der Waals surface area contributed by atoms with Crippen LogP contribution in [0.2, 0.25) is 0 Å². The van der Waals surface area contributed by atoms with Crippen molar-refractivity contribution in [3.8, 4) is 0 Å². The van der Waals surface area contributed by atoms with E-state index in [4.69, 9.17) is 0 Å². The van der Waals surface area contributed by atoms with Crippen LogP contribution in [-0.4, -0.2) is 17.8 Å². The molecule has 0 aromatic carbocycles. The van der Waals surface area contributed by atoms with E-state index in [1.807, 2.05) is 13.8 Å². The standard InChI is InChI=1S/C11H18N2O3/c1-4-11(6-5-7(2)3)8(14)12-10(16)13-9(11)15/h7H,4-6H2,1-3H3,(H2,12,13,14,15,16)/i4-1. The smallest absolute Gasteiger partial charge is 0.277 e. The highest BCUT2D eigenvalue weighted by atomic mass is 16.2. The Kier molecular flexibility index (Phi) is 3.67. The van der Waals surface area contributed by atoms with E-state index in [9.17, 15) is 14.4 Å². The number of carbonyl (C=O) groups is 3. The summed E-state index contributed by atoms with van der Waals surface area (Å²) in [6.45, 7) is 5.86. The van der Waals surface area contributed by atoms with Gasteiger partial charge in [-0.2, -0.15) is 0 Å². The Balaban J connectivity index is 2.87. The Labute approximate surface area is 95.0 Å². The first-order chi connectivity index (χ1) is 7.42. The van der Waals surface area contributed by atoms with E-state index in [1.165, 1.54) is 0 Å². The molecule has 0 atom stereocenters. The minimum Gasteiger partial charge on any atom is -0.277 e. The van der Waals surface area contributed by atoms with Gasteiger partial charge in [-0.25, -0.2) is 4.79 Å². The summed E-state index contributed by atoms with van der Waals surface area (Å²) < 4.78 is 0. The molecule has 1 aliphatic heterocycles. The van der Waals surface area contributed by atoms with Crippen LogP contribution in [0.25, 0.3) is 0 Å². The van der Waals surface area contributed by atoms with Crippen molar-refractivity contribution in [2.24, 2.45) is 11.3 Å². The maximum Gasteiger partial charge on any atom is 0.328 e. The number of imide groups is 2. The highest BCUT2D eigenvalue weighted by Gasteiger charge is 2.48. The van der Waals surface area contributed by atoms with Crippen molar-refractivity contribution >= 4 is 17.8 Å². The molecule has 1 fully saturated rings. The zero-order chi connectivity index (χ0) is 12.3. The Morgan fingerprint density at radius 1 is 1.12 bits per heavy atom. The molecule has 1 rings (SSSR count). The summed E-state index contributed by atoms with van der Waals surface area (Å²) in [5.74, 6) is -0.518. The predicted octanol–water partition coefficient (Wildman–Crippen LogP) is 1.18. The monoisotopic (exact) mass is 225 g/mol. The third-order valence-corrected chi connectivity index (χ3v) is 3.08. The van der Waals surface area contributed by atoms with Crippen molar-refractivity contribution < 1.29 is 14.4 Å².